The maximum atomic E-state index is 12.5. The Morgan fingerprint density at radius 3 is 2.44 bits per heavy atom. The number of rotatable bonds is 9. The van der Waals surface area contributed by atoms with Crippen LogP contribution in [0.25, 0.3) is 0 Å². The molecule has 0 bridgehead atoms. The Hall–Kier alpha value is -3.13. The fraction of sp³-hybridized carbons (Fsp3) is 0.316. The molecule has 0 saturated heterocycles. The molecule has 0 aliphatic heterocycles. The van der Waals surface area contributed by atoms with E-state index in [0.717, 1.165) is 0 Å². The van der Waals surface area contributed by atoms with Gasteiger partial charge in [-0.25, -0.2) is 9.78 Å². The Morgan fingerprint density at radius 2 is 1.85 bits per heavy atom. The van der Waals surface area contributed by atoms with Crippen molar-refractivity contribution in [3.05, 3.63) is 47.7 Å². The first-order valence-corrected chi connectivity index (χ1v) is 8.33. The second-order valence-corrected chi connectivity index (χ2v) is 5.89. The van der Waals surface area contributed by atoms with Crippen molar-refractivity contribution in [2.75, 3.05) is 25.6 Å². The maximum absolute atomic E-state index is 12.5. The number of aromatic nitrogens is 1. The number of amides is 1. The third-order valence-corrected chi connectivity index (χ3v) is 3.32. The number of ether oxygens (including phenoxy) is 3. The molecule has 0 spiro atoms. The number of nitrogens with zero attached hydrogens (tertiary/aromatic N) is 1. The Labute approximate surface area is 157 Å². The minimum absolute atomic E-state index is 0.0363. The summed E-state index contributed by atoms with van der Waals surface area (Å²) in [5.41, 5.74) is 0.360. The number of nitrogens with one attached hydrogen (secondary N) is 1. The van der Waals surface area contributed by atoms with Crippen molar-refractivity contribution in [2.45, 2.75) is 20.0 Å². The predicted molar refractivity (Wildman–Crippen MR) is 98.7 cm³/mol. The molecule has 0 unspecified atom stereocenters. The first kappa shape index (κ1) is 20.2. The first-order valence-electron chi connectivity index (χ1n) is 8.33. The molecular weight excluding hydrogens is 352 g/mol. The van der Waals surface area contributed by atoms with Gasteiger partial charge in [0.05, 0.1) is 18.3 Å². The second kappa shape index (κ2) is 9.54. The summed E-state index contributed by atoms with van der Waals surface area (Å²) >= 11 is 0. The number of carbonyl (C=O) groups excluding carboxylic acids is 1. The van der Waals surface area contributed by atoms with Gasteiger partial charge in [-0.2, -0.15) is 0 Å². The van der Waals surface area contributed by atoms with E-state index in [9.17, 15) is 9.59 Å². The lowest BCUT2D eigenvalue weighted by atomic mass is 10.2. The van der Waals surface area contributed by atoms with Gasteiger partial charge in [-0.15, -0.1) is 0 Å². The summed E-state index contributed by atoms with van der Waals surface area (Å²) < 4.78 is 16.2. The number of aromatic carboxylic acids is 1. The van der Waals surface area contributed by atoms with Crippen molar-refractivity contribution in [2.24, 2.45) is 0 Å². The molecule has 2 aromatic rings. The smallest absolute Gasteiger partial charge is 0.337 e. The number of carboxylic acids is 1. The van der Waals surface area contributed by atoms with Gasteiger partial charge in [0.1, 0.15) is 23.9 Å². The normalized spacial score (nSPS) is 10.5. The SMILES string of the molecule is COCCOc1cc(OC(C)C)cc(C(=O)Nc2ccc(C(=O)O)cn2)c1. The third-order valence-electron chi connectivity index (χ3n) is 3.32. The lowest BCUT2D eigenvalue weighted by molar-refractivity contribution is 0.0696. The Kier molecular flexibility index (Phi) is 7.13. The van der Waals surface area contributed by atoms with Crippen molar-refractivity contribution in [3.63, 3.8) is 0 Å². The fourth-order valence-corrected chi connectivity index (χ4v) is 2.15. The fourth-order valence-electron chi connectivity index (χ4n) is 2.15. The van der Waals surface area contributed by atoms with Crippen molar-refractivity contribution in [1.82, 2.24) is 4.98 Å². The van der Waals surface area contributed by atoms with Gasteiger partial charge in [-0.05, 0) is 38.1 Å². The maximum Gasteiger partial charge on any atom is 0.337 e. The van der Waals surface area contributed by atoms with Crippen LogP contribution in [0.1, 0.15) is 34.6 Å². The highest BCUT2D eigenvalue weighted by Crippen LogP contribution is 2.24. The molecule has 0 aliphatic rings. The molecule has 27 heavy (non-hydrogen) atoms. The molecule has 0 saturated carbocycles. The summed E-state index contributed by atoms with van der Waals surface area (Å²) in [7, 11) is 1.57. The quantitative estimate of drug-likeness (QED) is 0.650. The van der Waals surface area contributed by atoms with Crippen molar-refractivity contribution in [3.8, 4) is 11.5 Å². The van der Waals surface area contributed by atoms with Gasteiger partial charge in [0.15, 0.2) is 0 Å². The largest absolute Gasteiger partial charge is 0.491 e. The van der Waals surface area contributed by atoms with E-state index >= 15 is 0 Å². The number of hydrogen-bond acceptors (Lipinski definition) is 6. The number of anilines is 1. The highest BCUT2D eigenvalue weighted by Gasteiger charge is 2.13. The van der Waals surface area contributed by atoms with E-state index in [4.69, 9.17) is 19.3 Å². The number of methoxy groups -OCH3 is 1. The number of carboxylic acid groups (broad SMARTS) is 1. The summed E-state index contributed by atoms with van der Waals surface area (Å²) in [6.07, 6.45) is 1.11. The van der Waals surface area contributed by atoms with Crippen LogP contribution in [0.5, 0.6) is 11.5 Å². The molecule has 2 N–H and O–H groups in total. The number of benzene rings is 1. The molecule has 2 rings (SSSR count). The summed E-state index contributed by atoms with van der Waals surface area (Å²) in [5.74, 6) is -0.293. The van der Waals surface area contributed by atoms with Crippen LogP contribution in [0.3, 0.4) is 0 Å². The van der Waals surface area contributed by atoms with Crippen LogP contribution < -0.4 is 14.8 Å². The van der Waals surface area contributed by atoms with E-state index in [1.807, 2.05) is 13.8 Å². The van der Waals surface area contributed by atoms with Crippen LogP contribution in [0, 0.1) is 0 Å². The van der Waals surface area contributed by atoms with E-state index in [0.29, 0.717) is 30.3 Å². The van der Waals surface area contributed by atoms with Gasteiger partial charge in [0.25, 0.3) is 5.91 Å². The summed E-state index contributed by atoms with van der Waals surface area (Å²) in [6, 6.07) is 7.68. The molecule has 144 valence electrons. The minimum Gasteiger partial charge on any atom is -0.491 e. The Balaban J connectivity index is 2.19. The number of hydrogen-bond donors (Lipinski definition) is 2. The summed E-state index contributed by atoms with van der Waals surface area (Å²) in [4.78, 5) is 27.3. The van der Waals surface area contributed by atoms with Crippen molar-refractivity contribution < 1.29 is 28.9 Å². The van der Waals surface area contributed by atoms with Crippen LogP contribution in [0.4, 0.5) is 5.82 Å². The third kappa shape index (κ3) is 6.27. The highest BCUT2D eigenvalue weighted by atomic mass is 16.5. The zero-order chi connectivity index (χ0) is 19.8. The molecule has 1 aromatic heterocycles. The van der Waals surface area contributed by atoms with Crippen LogP contribution >= 0.6 is 0 Å². The molecule has 0 atom stereocenters. The van der Waals surface area contributed by atoms with Gasteiger partial charge in [-0.1, -0.05) is 0 Å². The van der Waals surface area contributed by atoms with E-state index in [-0.39, 0.29) is 17.5 Å². The van der Waals surface area contributed by atoms with Gasteiger partial charge in [-0.3, -0.25) is 4.79 Å². The van der Waals surface area contributed by atoms with E-state index < -0.39 is 11.9 Å². The van der Waals surface area contributed by atoms with Gasteiger partial charge < -0.3 is 24.6 Å². The molecule has 0 fully saturated rings. The number of carbonyl (C=O) groups is 2. The van der Waals surface area contributed by atoms with Crippen molar-refractivity contribution in [1.29, 1.82) is 0 Å². The highest BCUT2D eigenvalue weighted by molar-refractivity contribution is 6.04. The summed E-state index contributed by atoms with van der Waals surface area (Å²) in [5, 5.41) is 11.5. The standard InChI is InChI=1S/C19H22N2O6/c1-12(2)27-16-9-14(8-15(10-16)26-7-6-25-3)18(22)21-17-5-4-13(11-20-17)19(23)24/h4-5,8-12H,6-7H2,1-3H3,(H,23,24)(H,20,21,22). The zero-order valence-electron chi connectivity index (χ0n) is 15.4. The lowest BCUT2D eigenvalue weighted by Gasteiger charge is -2.14. The Bertz CT molecular complexity index is 789. The monoisotopic (exact) mass is 374 g/mol. The average molecular weight is 374 g/mol. The lowest BCUT2D eigenvalue weighted by Crippen LogP contribution is -2.15. The molecule has 0 radical (unpaired) electrons. The first-order chi connectivity index (χ1) is 12.9. The predicted octanol–water partition coefficient (Wildman–Crippen LogP) is 2.84. The van der Waals surface area contributed by atoms with Gasteiger partial charge in [0.2, 0.25) is 0 Å². The van der Waals surface area contributed by atoms with Crippen LogP contribution in [0.15, 0.2) is 36.5 Å². The molecule has 1 aromatic carbocycles. The average Bonchev–Trinajstić information content (AvgIpc) is 2.61. The van der Waals surface area contributed by atoms with Crippen molar-refractivity contribution >= 4 is 17.7 Å². The van der Waals surface area contributed by atoms with Crippen LogP contribution in [0.2, 0.25) is 0 Å². The van der Waals surface area contributed by atoms with Crippen LogP contribution in [-0.4, -0.2) is 48.4 Å². The zero-order valence-corrected chi connectivity index (χ0v) is 15.4. The Morgan fingerprint density at radius 1 is 1.11 bits per heavy atom. The van der Waals surface area contributed by atoms with E-state index in [1.165, 1.54) is 18.3 Å². The molecule has 1 heterocycles. The second-order valence-electron chi connectivity index (χ2n) is 5.89. The van der Waals surface area contributed by atoms with E-state index in [2.05, 4.69) is 10.3 Å². The molecule has 8 heteroatoms. The molecule has 0 aliphatic carbocycles. The topological polar surface area (TPSA) is 107 Å². The molecule has 8 nitrogen and oxygen atoms in total. The van der Waals surface area contributed by atoms with E-state index in [1.54, 1.807) is 25.3 Å². The van der Waals surface area contributed by atoms with Crippen LogP contribution in [-0.2, 0) is 4.74 Å². The minimum atomic E-state index is -1.09. The summed E-state index contributed by atoms with van der Waals surface area (Å²) in [6.45, 7) is 4.51. The van der Waals surface area contributed by atoms with Gasteiger partial charge >= 0.3 is 5.97 Å². The molecular formula is C19H22N2O6. The van der Waals surface area contributed by atoms with Gasteiger partial charge in [0, 0.05) is 24.9 Å². The molecule has 1 amide bonds. The number of pyridine rings is 1.